The van der Waals surface area contributed by atoms with Crippen LogP contribution in [-0.4, -0.2) is 9.97 Å². The summed E-state index contributed by atoms with van der Waals surface area (Å²) in [7, 11) is 0. The van der Waals surface area contributed by atoms with Crippen molar-refractivity contribution < 1.29 is 0 Å². The molecule has 6 aromatic rings. The monoisotopic (exact) mass is 370 g/mol. The van der Waals surface area contributed by atoms with Crippen molar-refractivity contribution >= 4 is 75.9 Å². The van der Waals surface area contributed by atoms with Crippen LogP contribution in [0.15, 0.2) is 66.7 Å². The van der Waals surface area contributed by atoms with Gasteiger partial charge in [-0.05, 0) is 29.0 Å². The van der Waals surface area contributed by atoms with E-state index >= 15 is 0 Å². The second-order valence-electron chi connectivity index (χ2n) is 6.41. The van der Waals surface area contributed by atoms with Gasteiger partial charge < -0.3 is 0 Å². The minimum atomic E-state index is 0.725. The maximum absolute atomic E-state index is 6.22. The summed E-state index contributed by atoms with van der Waals surface area (Å²) < 4.78 is 1.16. The van der Waals surface area contributed by atoms with E-state index in [-0.39, 0.29) is 0 Å². The van der Waals surface area contributed by atoms with Crippen LogP contribution >= 0.6 is 22.9 Å². The first kappa shape index (κ1) is 14.4. The molecule has 0 atom stereocenters. The Bertz CT molecular complexity index is 1500. The van der Waals surface area contributed by atoms with Gasteiger partial charge >= 0.3 is 0 Å². The number of halogens is 1. The molecule has 0 N–H and O–H groups in total. The van der Waals surface area contributed by atoms with Crippen molar-refractivity contribution in [2.75, 3.05) is 0 Å². The van der Waals surface area contributed by atoms with Crippen LogP contribution in [0.4, 0.5) is 0 Å². The van der Waals surface area contributed by atoms with Crippen molar-refractivity contribution in [3.8, 4) is 0 Å². The van der Waals surface area contributed by atoms with Crippen molar-refractivity contribution in [1.29, 1.82) is 0 Å². The second kappa shape index (κ2) is 5.13. The van der Waals surface area contributed by atoms with Gasteiger partial charge in [-0.25, -0.2) is 9.97 Å². The summed E-state index contributed by atoms with van der Waals surface area (Å²) >= 11 is 7.89. The molecule has 0 spiro atoms. The summed E-state index contributed by atoms with van der Waals surface area (Å²) in [6, 6.07) is 22.8. The first-order valence-corrected chi connectivity index (χ1v) is 9.58. The first-order valence-electron chi connectivity index (χ1n) is 8.38. The molecule has 4 aromatic carbocycles. The van der Waals surface area contributed by atoms with Crippen molar-refractivity contribution in [3.05, 3.63) is 71.8 Å². The fraction of sp³-hybridized carbons (Fsp3) is 0. The third kappa shape index (κ3) is 1.87. The molecule has 4 heteroatoms. The molecular formula is C22H11ClN2S. The lowest BCUT2D eigenvalue weighted by molar-refractivity contribution is 1.46. The zero-order valence-electron chi connectivity index (χ0n) is 13.5. The Labute approximate surface area is 157 Å². The van der Waals surface area contributed by atoms with E-state index < -0.39 is 0 Å². The zero-order chi connectivity index (χ0) is 17.3. The number of nitrogens with zero attached hydrogens (tertiary/aromatic N) is 2. The maximum atomic E-state index is 6.22. The van der Waals surface area contributed by atoms with Gasteiger partial charge in [-0.2, -0.15) is 0 Å². The summed E-state index contributed by atoms with van der Waals surface area (Å²) in [5, 5.41) is 6.50. The highest BCUT2D eigenvalue weighted by Crippen LogP contribution is 2.38. The molecule has 0 radical (unpaired) electrons. The van der Waals surface area contributed by atoms with Crippen LogP contribution in [0.2, 0.25) is 5.02 Å². The van der Waals surface area contributed by atoms with Gasteiger partial charge in [0.05, 0.1) is 11.0 Å². The van der Waals surface area contributed by atoms with Crippen molar-refractivity contribution in [1.82, 2.24) is 9.97 Å². The SMILES string of the molecule is Clc1ccc2sc3nc4c5ccccc5c5ccccc5c4nc3c2c1. The molecule has 0 fully saturated rings. The van der Waals surface area contributed by atoms with Crippen molar-refractivity contribution in [2.45, 2.75) is 0 Å². The van der Waals surface area contributed by atoms with Crippen LogP contribution in [0.5, 0.6) is 0 Å². The third-order valence-electron chi connectivity index (χ3n) is 4.92. The summed E-state index contributed by atoms with van der Waals surface area (Å²) in [6.45, 7) is 0. The van der Waals surface area contributed by atoms with E-state index in [0.717, 1.165) is 47.3 Å². The topological polar surface area (TPSA) is 25.8 Å². The van der Waals surface area contributed by atoms with Gasteiger partial charge in [0.15, 0.2) is 0 Å². The number of fused-ring (bicyclic) bond motifs is 9. The molecule has 0 aliphatic heterocycles. The Morgan fingerprint density at radius 1 is 0.615 bits per heavy atom. The lowest BCUT2D eigenvalue weighted by Crippen LogP contribution is -1.89. The highest BCUT2D eigenvalue weighted by molar-refractivity contribution is 7.25. The Hall–Kier alpha value is -2.75. The summed E-state index contributed by atoms with van der Waals surface area (Å²) in [4.78, 5) is 11.1. The largest absolute Gasteiger partial charge is 0.242 e. The number of aromatic nitrogens is 2. The average molecular weight is 371 g/mol. The first-order chi connectivity index (χ1) is 12.8. The molecule has 6 rings (SSSR count). The molecule has 0 aliphatic carbocycles. The van der Waals surface area contributed by atoms with Crippen LogP contribution in [0.3, 0.4) is 0 Å². The van der Waals surface area contributed by atoms with Gasteiger partial charge in [0, 0.05) is 25.9 Å². The van der Waals surface area contributed by atoms with Crippen LogP contribution in [0.1, 0.15) is 0 Å². The van der Waals surface area contributed by atoms with E-state index in [1.807, 2.05) is 18.2 Å². The van der Waals surface area contributed by atoms with Crippen LogP contribution in [-0.2, 0) is 0 Å². The molecule has 0 saturated carbocycles. The lowest BCUT2D eigenvalue weighted by atomic mass is 9.99. The van der Waals surface area contributed by atoms with E-state index in [1.165, 1.54) is 10.8 Å². The average Bonchev–Trinajstić information content (AvgIpc) is 3.04. The molecule has 0 aliphatic rings. The van der Waals surface area contributed by atoms with E-state index in [1.54, 1.807) is 11.3 Å². The predicted molar refractivity (Wildman–Crippen MR) is 112 cm³/mol. The summed E-state index contributed by atoms with van der Waals surface area (Å²) in [5.74, 6) is 0. The van der Waals surface area contributed by atoms with Gasteiger partial charge in [0.2, 0.25) is 0 Å². The normalized spacial score (nSPS) is 12.0. The number of benzene rings is 4. The smallest absolute Gasteiger partial charge is 0.143 e. The van der Waals surface area contributed by atoms with Crippen LogP contribution in [0.25, 0.3) is 53.0 Å². The van der Waals surface area contributed by atoms with Gasteiger partial charge in [-0.1, -0.05) is 60.1 Å². The van der Waals surface area contributed by atoms with Crippen molar-refractivity contribution in [3.63, 3.8) is 0 Å². The highest BCUT2D eigenvalue weighted by atomic mass is 35.5. The second-order valence-corrected chi connectivity index (χ2v) is 7.88. The number of thiophene rings is 1. The Morgan fingerprint density at radius 3 is 1.92 bits per heavy atom. The van der Waals surface area contributed by atoms with E-state index in [2.05, 4.69) is 48.5 Å². The van der Waals surface area contributed by atoms with E-state index in [0.29, 0.717) is 0 Å². The maximum Gasteiger partial charge on any atom is 0.143 e. The Balaban J connectivity index is 1.94. The van der Waals surface area contributed by atoms with Gasteiger partial charge in [0.1, 0.15) is 10.3 Å². The Kier molecular flexibility index (Phi) is 2.85. The predicted octanol–water partition coefficient (Wildman–Crippen LogP) is 6.96. The lowest BCUT2D eigenvalue weighted by Gasteiger charge is -2.08. The van der Waals surface area contributed by atoms with Gasteiger partial charge in [-0.3, -0.25) is 0 Å². The molecule has 0 amide bonds. The number of hydrogen-bond donors (Lipinski definition) is 0. The van der Waals surface area contributed by atoms with Crippen LogP contribution < -0.4 is 0 Å². The number of hydrogen-bond acceptors (Lipinski definition) is 3. The van der Waals surface area contributed by atoms with Crippen LogP contribution in [0, 0.1) is 0 Å². The molecule has 0 bridgehead atoms. The zero-order valence-corrected chi connectivity index (χ0v) is 15.1. The quantitative estimate of drug-likeness (QED) is 0.270. The molecule has 0 saturated heterocycles. The molecule has 2 heterocycles. The van der Waals surface area contributed by atoms with Gasteiger partial charge in [0.25, 0.3) is 0 Å². The highest BCUT2D eigenvalue weighted by Gasteiger charge is 2.14. The summed E-state index contributed by atoms with van der Waals surface area (Å²) in [6.07, 6.45) is 0. The number of rotatable bonds is 0. The fourth-order valence-electron chi connectivity index (χ4n) is 3.77. The molecule has 0 unspecified atom stereocenters. The standard InChI is InChI=1S/C22H11ClN2S/c23-12-9-10-18-17(11-12)21-22(26-18)25-20-16-8-4-2-6-14(16)13-5-1-3-7-15(13)19(20)24-21/h1-11H. The minimum Gasteiger partial charge on any atom is -0.242 e. The molecule has 2 nitrogen and oxygen atoms in total. The molecule has 2 aromatic heterocycles. The van der Waals surface area contributed by atoms with E-state index in [4.69, 9.17) is 21.6 Å². The Morgan fingerprint density at radius 2 is 1.23 bits per heavy atom. The molecule has 122 valence electrons. The van der Waals surface area contributed by atoms with E-state index in [9.17, 15) is 0 Å². The fourth-order valence-corrected chi connectivity index (χ4v) is 4.94. The molecular weight excluding hydrogens is 360 g/mol. The summed E-state index contributed by atoms with van der Waals surface area (Å²) in [5.41, 5.74) is 2.84. The van der Waals surface area contributed by atoms with Gasteiger partial charge in [-0.15, -0.1) is 11.3 Å². The minimum absolute atomic E-state index is 0.725. The van der Waals surface area contributed by atoms with Crippen molar-refractivity contribution in [2.24, 2.45) is 0 Å². The molecule has 26 heavy (non-hydrogen) atoms. The third-order valence-corrected chi connectivity index (χ3v) is 6.21.